The third-order valence-corrected chi connectivity index (χ3v) is 6.72. The number of likely N-dealkylation sites (tertiary alicyclic amines) is 1. The molecule has 0 aliphatic carbocycles. The van der Waals surface area contributed by atoms with Gasteiger partial charge in [0.05, 0.1) is 17.3 Å². The minimum Gasteiger partial charge on any atom is -0.303 e. The van der Waals surface area contributed by atoms with Crippen molar-refractivity contribution in [1.82, 2.24) is 15.0 Å². The van der Waals surface area contributed by atoms with Gasteiger partial charge in [0.25, 0.3) is 0 Å². The fraction of sp³-hybridized carbons (Fsp3) is 0.280. The van der Waals surface area contributed by atoms with Crippen molar-refractivity contribution in [3.05, 3.63) is 72.7 Å². The zero-order valence-corrected chi connectivity index (χ0v) is 18.2. The monoisotopic (exact) mass is 415 g/mol. The minimum absolute atomic E-state index is 0.944. The maximum atomic E-state index is 4.78. The van der Waals surface area contributed by atoms with Crippen molar-refractivity contribution in [2.75, 3.05) is 25.9 Å². The van der Waals surface area contributed by atoms with Gasteiger partial charge in [-0.15, -0.1) is 16.3 Å². The summed E-state index contributed by atoms with van der Waals surface area (Å²) in [6, 6.07) is 17.5. The first-order valence-corrected chi connectivity index (χ1v) is 11.9. The Balaban J connectivity index is 1.36. The lowest BCUT2D eigenvalue weighted by atomic mass is 10.0. The first kappa shape index (κ1) is 19.3. The molecule has 1 aliphatic rings. The normalized spacial score (nSPS) is 14.6. The van der Waals surface area contributed by atoms with Crippen molar-refractivity contribution in [2.45, 2.75) is 24.2 Å². The van der Waals surface area contributed by atoms with Crippen LogP contribution in [-0.2, 0) is 6.42 Å². The highest BCUT2D eigenvalue weighted by atomic mass is 32.2. The second-order valence-corrected chi connectivity index (χ2v) is 8.83. The molecule has 0 amide bonds. The van der Waals surface area contributed by atoms with Gasteiger partial charge in [-0.2, -0.15) is 0 Å². The highest BCUT2D eigenvalue weighted by Crippen LogP contribution is 2.26. The van der Waals surface area contributed by atoms with Gasteiger partial charge in [0.1, 0.15) is 6.20 Å². The Hall–Kier alpha value is -2.63. The SMILES string of the molecule is CSc1cccc(-c2c[nH][n+]3cc(-c4ccc(CCN5CCCC5)cc4)cnc23)c1. The predicted octanol–water partition coefficient (Wildman–Crippen LogP) is 4.84. The lowest BCUT2D eigenvalue weighted by Gasteiger charge is -2.14. The van der Waals surface area contributed by atoms with Crippen LogP contribution in [0.3, 0.4) is 0 Å². The molecule has 5 rings (SSSR count). The van der Waals surface area contributed by atoms with Gasteiger partial charge in [-0.3, -0.25) is 0 Å². The summed E-state index contributed by atoms with van der Waals surface area (Å²) < 4.78 is 2.01. The van der Waals surface area contributed by atoms with E-state index >= 15 is 0 Å². The van der Waals surface area contributed by atoms with Crippen LogP contribution in [0, 0.1) is 0 Å². The Morgan fingerprint density at radius 1 is 1.03 bits per heavy atom. The minimum atomic E-state index is 0.944. The van der Waals surface area contributed by atoms with Crippen molar-refractivity contribution in [3.8, 4) is 22.3 Å². The van der Waals surface area contributed by atoms with Crippen LogP contribution >= 0.6 is 11.8 Å². The van der Waals surface area contributed by atoms with Crippen LogP contribution < -0.4 is 4.52 Å². The average Bonchev–Trinajstić information content (AvgIpc) is 3.47. The molecule has 30 heavy (non-hydrogen) atoms. The Morgan fingerprint density at radius 3 is 2.67 bits per heavy atom. The summed E-state index contributed by atoms with van der Waals surface area (Å²) in [6.45, 7) is 3.70. The van der Waals surface area contributed by atoms with Gasteiger partial charge in [0, 0.05) is 11.4 Å². The summed E-state index contributed by atoms with van der Waals surface area (Å²) in [5.74, 6) is 0. The Kier molecular flexibility index (Phi) is 5.56. The maximum absolute atomic E-state index is 4.78. The van der Waals surface area contributed by atoms with Gasteiger partial charge in [0.2, 0.25) is 0 Å². The van der Waals surface area contributed by atoms with E-state index < -0.39 is 0 Å². The fourth-order valence-electron chi connectivity index (χ4n) is 4.23. The third kappa shape index (κ3) is 4.00. The van der Waals surface area contributed by atoms with E-state index in [-0.39, 0.29) is 0 Å². The lowest BCUT2D eigenvalue weighted by Crippen LogP contribution is -2.23. The molecule has 0 unspecified atom stereocenters. The summed E-state index contributed by atoms with van der Waals surface area (Å²) in [5.41, 5.74) is 6.97. The zero-order chi connectivity index (χ0) is 20.3. The van der Waals surface area contributed by atoms with Gasteiger partial charge in [-0.1, -0.05) is 36.4 Å². The van der Waals surface area contributed by atoms with E-state index in [9.17, 15) is 0 Å². The maximum Gasteiger partial charge on any atom is 0.355 e. The summed E-state index contributed by atoms with van der Waals surface area (Å²) in [4.78, 5) is 8.61. The number of hydrogen-bond donors (Lipinski definition) is 1. The number of fused-ring (bicyclic) bond motifs is 1. The van der Waals surface area contributed by atoms with E-state index in [2.05, 4.69) is 71.0 Å². The van der Waals surface area contributed by atoms with E-state index in [1.165, 1.54) is 54.1 Å². The molecular weight excluding hydrogens is 388 g/mol. The van der Waals surface area contributed by atoms with Crippen LogP contribution in [0.25, 0.3) is 27.9 Å². The Morgan fingerprint density at radius 2 is 1.87 bits per heavy atom. The van der Waals surface area contributed by atoms with Crippen LogP contribution in [0.4, 0.5) is 0 Å². The molecule has 4 aromatic rings. The molecule has 0 atom stereocenters. The smallest absolute Gasteiger partial charge is 0.303 e. The molecule has 2 aromatic carbocycles. The zero-order valence-electron chi connectivity index (χ0n) is 17.3. The molecule has 3 heterocycles. The fourth-order valence-corrected chi connectivity index (χ4v) is 4.69. The highest BCUT2D eigenvalue weighted by Gasteiger charge is 2.17. The number of aromatic nitrogens is 3. The van der Waals surface area contributed by atoms with E-state index in [1.54, 1.807) is 11.8 Å². The molecule has 0 spiro atoms. The van der Waals surface area contributed by atoms with E-state index in [4.69, 9.17) is 4.98 Å². The number of hydrogen-bond acceptors (Lipinski definition) is 3. The quantitative estimate of drug-likeness (QED) is 0.361. The number of nitrogens with zero attached hydrogens (tertiary/aromatic N) is 3. The van der Waals surface area contributed by atoms with E-state index in [0.29, 0.717) is 0 Å². The number of benzene rings is 2. The van der Waals surface area contributed by atoms with E-state index in [0.717, 1.165) is 23.2 Å². The summed E-state index contributed by atoms with van der Waals surface area (Å²) in [7, 11) is 0. The summed E-state index contributed by atoms with van der Waals surface area (Å²) >= 11 is 1.76. The molecule has 152 valence electrons. The average molecular weight is 416 g/mol. The number of nitrogens with one attached hydrogen (secondary N) is 1. The van der Waals surface area contributed by atoms with Crippen LogP contribution in [0.1, 0.15) is 18.4 Å². The first-order chi connectivity index (χ1) is 14.8. The lowest BCUT2D eigenvalue weighted by molar-refractivity contribution is -0.578. The number of thioether (sulfide) groups is 1. The van der Waals surface area contributed by atoms with Crippen molar-refractivity contribution in [2.24, 2.45) is 0 Å². The Bertz CT molecular complexity index is 1140. The van der Waals surface area contributed by atoms with Gasteiger partial charge in [-0.25, -0.2) is 5.10 Å². The third-order valence-electron chi connectivity index (χ3n) is 5.99. The molecule has 1 N–H and O–H groups in total. The van der Waals surface area contributed by atoms with Crippen molar-refractivity contribution in [1.29, 1.82) is 0 Å². The van der Waals surface area contributed by atoms with Crippen molar-refractivity contribution >= 4 is 17.4 Å². The predicted molar refractivity (Wildman–Crippen MR) is 124 cm³/mol. The van der Waals surface area contributed by atoms with Crippen LogP contribution in [0.2, 0.25) is 0 Å². The van der Waals surface area contributed by atoms with Gasteiger partial charge in [0.15, 0.2) is 6.20 Å². The molecule has 0 saturated carbocycles. The second kappa shape index (κ2) is 8.62. The summed E-state index contributed by atoms with van der Waals surface area (Å²) in [6.07, 6.45) is 12.1. The molecule has 0 bridgehead atoms. The molecule has 4 nitrogen and oxygen atoms in total. The summed E-state index contributed by atoms with van der Waals surface area (Å²) in [5, 5.41) is 3.34. The van der Waals surface area contributed by atoms with Crippen molar-refractivity contribution < 1.29 is 4.52 Å². The highest BCUT2D eigenvalue weighted by molar-refractivity contribution is 7.98. The number of H-pyrrole nitrogens is 1. The van der Waals surface area contributed by atoms with Crippen LogP contribution in [0.15, 0.2) is 72.0 Å². The topological polar surface area (TPSA) is 36.0 Å². The van der Waals surface area contributed by atoms with Gasteiger partial charge < -0.3 is 4.90 Å². The van der Waals surface area contributed by atoms with Gasteiger partial charge >= 0.3 is 5.65 Å². The Labute approximate surface area is 182 Å². The molecule has 2 aromatic heterocycles. The molecule has 5 heteroatoms. The number of aromatic amines is 1. The van der Waals surface area contributed by atoms with Gasteiger partial charge in [-0.05, 0) is 72.4 Å². The molecular formula is C25H27N4S+. The molecule has 1 fully saturated rings. The largest absolute Gasteiger partial charge is 0.355 e. The molecule has 0 radical (unpaired) electrons. The van der Waals surface area contributed by atoms with Crippen LogP contribution in [-0.4, -0.2) is 40.9 Å². The first-order valence-electron chi connectivity index (χ1n) is 10.6. The second-order valence-electron chi connectivity index (χ2n) is 7.95. The molecule has 1 aliphatic heterocycles. The van der Waals surface area contributed by atoms with Crippen LogP contribution in [0.5, 0.6) is 0 Å². The van der Waals surface area contributed by atoms with Crippen molar-refractivity contribution in [3.63, 3.8) is 0 Å². The number of rotatable bonds is 6. The molecule has 1 saturated heterocycles. The standard InChI is InChI=1S/C25H26N4S/c1-30-23-6-4-5-21(15-23)24-17-27-29-18-22(16-26-25(24)29)20-9-7-19(8-10-20)11-14-28-12-2-3-13-28/h4-10,15-18H,2-3,11-14H2,1H3/p+1. The van der Waals surface area contributed by atoms with E-state index in [1.807, 2.05) is 16.9 Å².